The first-order valence-electron chi connectivity index (χ1n) is 8.25. The van der Waals surface area contributed by atoms with Crippen LogP contribution in [0.25, 0.3) is 0 Å². The van der Waals surface area contributed by atoms with Crippen LogP contribution in [0, 0.1) is 5.82 Å². The van der Waals surface area contributed by atoms with Gasteiger partial charge in [0.05, 0.1) is 12.6 Å². The third-order valence-electron chi connectivity index (χ3n) is 4.17. The maximum Gasteiger partial charge on any atom is 0.321 e. The van der Waals surface area contributed by atoms with Crippen LogP contribution in [0.15, 0.2) is 36.9 Å². The summed E-state index contributed by atoms with van der Waals surface area (Å²) in [7, 11) is 1.85. The second-order valence-electron chi connectivity index (χ2n) is 6.05. The molecule has 3 amide bonds. The Kier molecular flexibility index (Phi) is 7.09. The molecule has 1 fully saturated rings. The maximum absolute atomic E-state index is 13.1. The number of likely N-dealkylation sites (N-methyl/N-ethyl adjacent to an activating group) is 1. The van der Waals surface area contributed by atoms with Gasteiger partial charge in [-0.25, -0.2) is 9.18 Å². The van der Waals surface area contributed by atoms with E-state index in [0.29, 0.717) is 19.6 Å². The van der Waals surface area contributed by atoms with E-state index in [1.54, 1.807) is 12.1 Å². The molecule has 1 heterocycles. The quantitative estimate of drug-likeness (QED) is 0.771. The highest BCUT2D eigenvalue weighted by Crippen LogP contribution is 2.30. The first kappa shape index (κ1) is 19.1. The van der Waals surface area contributed by atoms with Crippen LogP contribution in [0.4, 0.5) is 9.18 Å². The van der Waals surface area contributed by atoms with Crippen molar-refractivity contribution in [2.75, 3.05) is 26.7 Å². The van der Waals surface area contributed by atoms with Crippen molar-refractivity contribution in [1.29, 1.82) is 0 Å². The third-order valence-corrected chi connectivity index (χ3v) is 4.17. The minimum Gasteiger partial charge on any atom is -0.373 e. The molecule has 1 aliphatic rings. The van der Waals surface area contributed by atoms with Gasteiger partial charge in [0.2, 0.25) is 5.91 Å². The maximum atomic E-state index is 13.1. The fourth-order valence-corrected chi connectivity index (χ4v) is 2.82. The minimum atomic E-state index is -0.533. The second-order valence-corrected chi connectivity index (χ2v) is 6.05. The van der Waals surface area contributed by atoms with Gasteiger partial charge in [0, 0.05) is 19.2 Å². The van der Waals surface area contributed by atoms with Crippen molar-refractivity contribution in [3.63, 3.8) is 0 Å². The molecule has 136 valence electrons. The lowest BCUT2D eigenvalue weighted by Crippen LogP contribution is -2.47. The van der Waals surface area contributed by atoms with E-state index in [-0.39, 0.29) is 30.4 Å². The topological polar surface area (TPSA) is 70.7 Å². The van der Waals surface area contributed by atoms with Crippen molar-refractivity contribution >= 4 is 11.9 Å². The number of imide groups is 1. The molecule has 0 radical (unpaired) electrons. The summed E-state index contributed by atoms with van der Waals surface area (Å²) >= 11 is 0. The Morgan fingerprint density at radius 1 is 1.40 bits per heavy atom. The molecule has 0 aromatic heterocycles. The molecule has 2 rings (SSSR count). The van der Waals surface area contributed by atoms with Crippen molar-refractivity contribution in [3.05, 3.63) is 48.3 Å². The molecule has 1 aromatic rings. The summed E-state index contributed by atoms with van der Waals surface area (Å²) in [5, 5.41) is 4.77. The number of nitrogens with zero attached hydrogens (tertiary/aromatic N) is 1. The van der Waals surface area contributed by atoms with Crippen LogP contribution in [-0.2, 0) is 9.53 Å². The van der Waals surface area contributed by atoms with Crippen LogP contribution in [0.1, 0.15) is 24.5 Å². The fourth-order valence-electron chi connectivity index (χ4n) is 2.82. The highest BCUT2D eigenvalue weighted by atomic mass is 19.1. The summed E-state index contributed by atoms with van der Waals surface area (Å²) in [6.07, 6.45) is 2.91. The number of amides is 3. The predicted molar refractivity (Wildman–Crippen MR) is 92.5 cm³/mol. The molecule has 1 saturated heterocycles. The average molecular weight is 349 g/mol. The zero-order chi connectivity index (χ0) is 18.2. The Morgan fingerprint density at radius 3 is 2.80 bits per heavy atom. The van der Waals surface area contributed by atoms with Crippen LogP contribution in [0.5, 0.6) is 0 Å². The number of hydrogen-bond acceptors (Lipinski definition) is 4. The summed E-state index contributed by atoms with van der Waals surface area (Å²) in [5.74, 6) is -0.645. The van der Waals surface area contributed by atoms with Gasteiger partial charge in [-0.3, -0.25) is 15.0 Å². The Labute approximate surface area is 147 Å². The van der Waals surface area contributed by atoms with Gasteiger partial charge in [-0.15, -0.1) is 6.58 Å². The standard InChI is InChI=1S/C18H24FN3O3/c1-3-9-20-18(24)21-17(23)12-22(2)15-8-10-25-16(11-15)13-4-6-14(19)7-5-13/h3-7,15-16H,1,8-12H2,2H3,(H2,20,21,23,24). The number of urea groups is 1. The van der Waals surface area contributed by atoms with Crippen molar-refractivity contribution < 1.29 is 18.7 Å². The summed E-state index contributed by atoms with van der Waals surface area (Å²) < 4.78 is 18.8. The van der Waals surface area contributed by atoms with Crippen LogP contribution < -0.4 is 10.6 Å². The number of ether oxygens (including phenoxy) is 1. The number of carbonyl (C=O) groups excluding carboxylic acids is 2. The van der Waals surface area contributed by atoms with Gasteiger partial charge in [-0.1, -0.05) is 18.2 Å². The monoisotopic (exact) mass is 349 g/mol. The summed E-state index contributed by atoms with van der Waals surface area (Å²) in [5.41, 5.74) is 0.924. The average Bonchev–Trinajstić information content (AvgIpc) is 2.60. The van der Waals surface area contributed by atoms with E-state index in [0.717, 1.165) is 12.0 Å². The van der Waals surface area contributed by atoms with Gasteiger partial charge in [-0.2, -0.15) is 0 Å². The molecule has 2 atom stereocenters. The second kappa shape index (κ2) is 9.29. The van der Waals surface area contributed by atoms with Crippen LogP contribution in [-0.4, -0.2) is 49.6 Å². The van der Waals surface area contributed by atoms with E-state index >= 15 is 0 Å². The minimum absolute atomic E-state index is 0.113. The SMILES string of the molecule is C=CCNC(=O)NC(=O)CN(C)C1CCOC(c2ccc(F)cc2)C1. The van der Waals surface area contributed by atoms with Crippen LogP contribution in [0.3, 0.4) is 0 Å². The molecular formula is C18H24FN3O3. The van der Waals surface area contributed by atoms with Crippen LogP contribution in [0.2, 0.25) is 0 Å². The molecule has 1 aromatic carbocycles. The normalized spacial score (nSPS) is 20.1. The Hall–Kier alpha value is -2.25. The van der Waals surface area contributed by atoms with Crippen LogP contribution >= 0.6 is 0 Å². The lowest BCUT2D eigenvalue weighted by atomic mass is 9.96. The van der Waals surface area contributed by atoms with E-state index in [4.69, 9.17) is 4.74 Å². The predicted octanol–water partition coefficient (Wildman–Crippen LogP) is 1.99. The number of benzene rings is 1. The number of nitrogens with one attached hydrogen (secondary N) is 2. The molecular weight excluding hydrogens is 325 g/mol. The molecule has 2 unspecified atom stereocenters. The largest absolute Gasteiger partial charge is 0.373 e. The van der Waals surface area contributed by atoms with E-state index in [1.807, 2.05) is 11.9 Å². The third kappa shape index (κ3) is 5.95. The first-order valence-corrected chi connectivity index (χ1v) is 8.25. The van der Waals surface area contributed by atoms with Crippen molar-refractivity contribution in [2.45, 2.75) is 25.0 Å². The van der Waals surface area contributed by atoms with E-state index < -0.39 is 6.03 Å². The van der Waals surface area contributed by atoms with Gasteiger partial charge >= 0.3 is 6.03 Å². The number of rotatable bonds is 6. The molecule has 25 heavy (non-hydrogen) atoms. The number of halogens is 1. The first-order chi connectivity index (χ1) is 12.0. The van der Waals surface area contributed by atoms with Crippen molar-refractivity contribution in [1.82, 2.24) is 15.5 Å². The van der Waals surface area contributed by atoms with Gasteiger partial charge in [0.15, 0.2) is 0 Å². The lowest BCUT2D eigenvalue weighted by molar-refractivity contribution is -0.122. The summed E-state index contributed by atoms with van der Waals surface area (Å²) in [6.45, 7) is 4.47. The molecule has 0 saturated carbocycles. The van der Waals surface area contributed by atoms with Gasteiger partial charge in [0.1, 0.15) is 5.82 Å². The fraction of sp³-hybridized carbons (Fsp3) is 0.444. The van der Waals surface area contributed by atoms with Gasteiger partial charge < -0.3 is 10.1 Å². The molecule has 7 heteroatoms. The smallest absolute Gasteiger partial charge is 0.321 e. The highest BCUT2D eigenvalue weighted by Gasteiger charge is 2.27. The lowest BCUT2D eigenvalue weighted by Gasteiger charge is -2.35. The Balaban J connectivity index is 1.85. The number of carbonyl (C=O) groups is 2. The summed E-state index contributed by atoms with van der Waals surface area (Å²) in [4.78, 5) is 25.3. The molecule has 0 aliphatic carbocycles. The zero-order valence-electron chi connectivity index (χ0n) is 14.3. The molecule has 0 spiro atoms. The molecule has 0 bridgehead atoms. The zero-order valence-corrected chi connectivity index (χ0v) is 14.3. The Bertz CT molecular complexity index is 606. The van der Waals surface area contributed by atoms with E-state index in [2.05, 4.69) is 17.2 Å². The van der Waals surface area contributed by atoms with Gasteiger partial charge in [-0.05, 0) is 37.6 Å². The summed E-state index contributed by atoms with van der Waals surface area (Å²) in [6, 6.07) is 5.89. The van der Waals surface area contributed by atoms with Crippen molar-refractivity contribution in [3.8, 4) is 0 Å². The molecule has 1 aliphatic heterocycles. The number of hydrogen-bond donors (Lipinski definition) is 2. The van der Waals surface area contributed by atoms with Gasteiger partial charge in [0.25, 0.3) is 0 Å². The van der Waals surface area contributed by atoms with Crippen molar-refractivity contribution in [2.24, 2.45) is 0 Å². The molecule has 6 nitrogen and oxygen atoms in total. The molecule has 2 N–H and O–H groups in total. The Morgan fingerprint density at radius 2 is 2.12 bits per heavy atom. The highest BCUT2D eigenvalue weighted by molar-refractivity contribution is 5.95. The van der Waals surface area contributed by atoms with E-state index in [1.165, 1.54) is 18.2 Å². The van der Waals surface area contributed by atoms with E-state index in [9.17, 15) is 14.0 Å².